The first kappa shape index (κ1) is 15.8. The molecule has 0 amide bonds. The Hall–Kier alpha value is -0.260. The normalized spacial score (nSPS) is 19.1. The highest BCUT2D eigenvalue weighted by Crippen LogP contribution is 2.22. The van der Waals surface area contributed by atoms with Crippen molar-refractivity contribution < 1.29 is 14.3 Å². The molecule has 0 aromatic rings. The third kappa shape index (κ3) is 4.78. The van der Waals surface area contributed by atoms with Crippen LogP contribution in [0.1, 0.15) is 33.1 Å². The average Bonchev–Trinajstić information content (AvgIpc) is 2.30. The highest BCUT2D eigenvalue weighted by atomic mass is 32.2. The molecule has 5 heteroatoms. The number of thioether (sulfide) groups is 1. The van der Waals surface area contributed by atoms with E-state index in [0.717, 1.165) is 44.8 Å². The molecule has 1 aliphatic rings. The lowest BCUT2D eigenvalue weighted by atomic mass is 9.95. The molecule has 1 aliphatic heterocycles. The summed E-state index contributed by atoms with van der Waals surface area (Å²) < 4.78 is 10.00. The van der Waals surface area contributed by atoms with Crippen LogP contribution in [0.2, 0.25) is 0 Å². The van der Waals surface area contributed by atoms with Crippen molar-refractivity contribution in [1.82, 2.24) is 5.32 Å². The predicted molar refractivity (Wildman–Crippen MR) is 75.0 cm³/mol. The molecule has 0 aromatic heterocycles. The molecule has 0 spiro atoms. The number of carbonyl (C=O) groups is 1. The maximum absolute atomic E-state index is 11.7. The van der Waals surface area contributed by atoms with E-state index in [0.29, 0.717) is 5.25 Å². The van der Waals surface area contributed by atoms with Crippen molar-refractivity contribution >= 4 is 17.7 Å². The molecule has 4 nitrogen and oxygen atoms in total. The minimum Gasteiger partial charge on any atom is -0.468 e. The number of hydrogen-bond donors (Lipinski definition) is 1. The maximum atomic E-state index is 11.7. The van der Waals surface area contributed by atoms with Gasteiger partial charge in [0.15, 0.2) is 0 Å². The predicted octanol–water partition coefficient (Wildman–Crippen LogP) is 1.83. The smallest absolute Gasteiger partial charge is 0.325 e. The van der Waals surface area contributed by atoms with Crippen LogP contribution in [0.5, 0.6) is 0 Å². The summed E-state index contributed by atoms with van der Waals surface area (Å²) in [6.07, 6.45) is 3.01. The van der Waals surface area contributed by atoms with Crippen molar-refractivity contribution in [3.8, 4) is 0 Å². The Morgan fingerprint density at radius 3 is 2.72 bits per heavy atom. The molecule has 1 saturated heterocycles. The second kappa shape index (κ2) is 8.02. The Balaban J connectivity index is 2.17. The Kier molecular flexibility index (Phi) is 7.04. The van der Waals surface area contributed by atoms with Gasteiger partial charge >= 0.3 is 5.97 Å². The van der Waals surface area contributed by atoms with Gasteiger partial charge in [-0.05, 0) is 32.1 Å². The summed E-state index contributed by atoms with van der Waals surface area (Å²) in [6, 6.07) is 0. The number of likely N-dealkylation sites (N-methyl/N-ethyl adjacent to an activating group) is 1. The zero-order chi connectivity index (χ0) is 13.4. The Morgan fingerprint density at radius 2 is 2.22 bits per heavy atom. The second-order valence-electron chi connectivity index (χ2n) is 4.84. The summed E-state index contributed by atoms with van der Waals surface area (Å²) in [6.45, 7) is 6.52. The monoisotopic (exact) mass is 275 g/mol. The lowest BCUT2D eigenvalue weighted by Gasteiger charge is -2.28. The molecule has 0 bridgehead atoms. The highest BCUT2D eigenvalue weighted by molar-refractivity contribution is 8.00. The summed E-state index contributed by atoms with van der Waals surface area (Å²) >= 11 is 1.98. The van der Waals surface area contributed by atoms with E-state index < -0.39 is 5.54 Å². The second-order valence-corrected chi connectivity index (χ2v) is 6.25. The molecule has 0 aromatic carbocycles. The fraction of sp³-hybridized carbons (Fsp3) is 0.923. The van der Waals surface area contributed by atoms with Gasteiger partial charge in [0, 0.05) is 0 Å². The summed E-state index contributed by atoms with van der Waals surface area (Å²) in [4.78, 5) is 11.7. The number of unbranched alkanes of at least 4 members (excludes halogenated alkanes) is 1. The van der Waals surface area contributed by atoms with E-state index in [1.54, 1.807) is 0 Å². The number of methoxy groups -OCH3 is 1. The van der Waals surface area contributed by atoms with E-state index in [4.69, 9.17) is 9.47 Å². The quantitative estimate of drug-likeness (QED) is 0.514. The van der Waals surface area contributed by atoms with Gasteiger partial charge in [-0.25, -0.2) is 0 Å². The summed E-state index contributed by atoms with van der Waals surface area (Å²) in [5, 5.41) is 3.93. The van der Waals surface area contributed by atoms with Crippen LogP contribution < -0.4 is 5.32 Å². The molecular weight excluding hydrogens is 250 g/mol. The third-order valence-corrected chi connectivity index (χ3v) is 4.50. The highest BCUT2D eigenvalue weighted by Gasteiger charge is 2.32. The molecule has 1 fully saturated rings. The van der Waals surface area contributed by atoms with E-state index in [2.05, 4.69) is 5.32 Å². The van der Waals surface area contributed by atoms with E-state index in [9.17, 15) is 4.79 Å². The topological polar surface area (TPSA) is 47.6 Å². The van der Waals surface area contributed by atoms with Crippen LogP contribution in [0.15, 0.2) is 0 Å². The van der Waals surface area contributed by atoms with Gasteiger partial charge in [-0.3, -0.25) is 4.79 Å². The summed E-state index contributed by atoms with van der Waals surface area (Å²) in [5.74, 6) is 0.988. The molecule has 0 radical (unpaired) electrons. The van der Waals surface area contributed by atoms with Crippen molar-refractivity contribution in [3.63, 3.8) is 0 Å². The molecular formula is C13H25NO3S. The number of ether oxygens (including phenoxy) is 2. The SMILES string of the molecule is CCNC(C)(CCCCSC1COC1)C(=O)OC. The standard InChI is InChI=1S/C13H25NO3S/c1-4-14-13(2,12(15)16-3)7-5-6-8-18-11-9-17-10-11/h11,14H,4-10H2,1-3H3. The Labute approximate surface area is 114 Å². The molecule has 0 aliphatic carbocycles. The zero-order valence-corrected chi connectivity index (χ0v) is 12.5. The number of hydrogen-bond acceptors (Lipinski definition) is 5. The molecule has 1 rings (SSSR count). The van der Waals surface area contributed by atoms with Crippen molar-refractivity contribution in [1.29, 1.82) is 0 Å². The Bertz CT molecular complexity index is 259. The van der Waals surface area contributed by atoms with Crippen molar-refractivity contribution in [2.24, 2.45) is 0 Å². The first-order chi connectivity index (χ1) is 8.62. The van der Waals surface area contributed by atoms with Gasteiger partial charge in [-0.15, -0.1) is 0 Å². The first-order valence-corrected chi connectivity index (χ1v) is 7.70. The molecule has 106 valence electrons. The van der Waals surface area contributed by atoms with Gasteiger partial charge < -0.3 is 14.8 Å². The van der Waals surface area contributed by atoms with Gasteiger partial charge in [0.1, 0.15) is 5.54 Å². The number of rotatable bonds is 9. The molecule has 1 unspecified atom stereocenters. The Morgan fingerprint density at radius 1 is 1.50 bits per heavy atom. The van der Waals surface area contributed by atoms with Crippen LogP contribution >= 0.6 is 11.8 Å². The fourth-order valence-corrected chi connectivity index (χ4v) is 3.11. The average molecular weight is 275 g/mol. The van der Waals surface area contributed by atoms with Crippen molar-refractivity contribution in [2.75, 3.05) is 32.6 Å². The molecule has 1 N–H and O–H groups in total. The van der Waals surface area contributed by atoms with Gasteiger partial charge in [0.25, 0.3) is 0 Å². The minimum atomic E-state index is -0.534. The largest absolute Gasteiger partial charge is 0.468 e. The summed E-state index contributed by atoms with van der Waals surface area (Å²) in [5.41, 5.74) is -0.534. The van der Waals surface area contributed by atoms with Crippen LogP contribution in [-0.2, 0) is 14.3 Å². The van der Waals surface area contributed by atoms with Gasteiger partial charge in [0.05, 0.1) is 25.6 Å². The number of nitrogens with one attached hydrogen (secondary N) is 1. The number of esters is 1. The van der Waals surface area contributed by atoms with Crippen molar-refractivity contribution in [2.45, 2.75) is 43.9 Å². The first-order valence-electron chi connectivity index (χ1n) is 6.65. The van der Waals surface area contributed by atoms with Gasteiger partial charge in [0.2, 0.25) is 0 Å². The molecule has 18 heavy (non-hydrogen) atoms. The zero-order valence-electron chi connectivity index (χ0n) is 11.7. The van der Waals surface area contributed by atoms with Crippen LogP contribution in [0, 0.1) is 0 Å². The maximum Gasteiger partial charge on any atom is 0.325 e. The lowest BCUT2D eigenvalue weighted by Crippen LogP contribution is -2.50. The minimum absolute atomic E-state index is 0.163. The van der Waals surface area contributed by atoms with E-state index in [1.807, 2.05) is 25.6 Å². The van der Waals surface area contributed by atoms with Crippen molar-refractivity contribution in [3.05, 3.63) is 0 Å². The molecule has 0 saturated carbocycles. The van der Waals surface area contributed by atoms with Crippen LogP contribution in [-0.4, -0.2) is 49.4 Å². The van der Waals surface area contributed by atoms with E-state index >= 15 is 0 Å². The van der Waals surface area contributed by atoms with Gasteiger partial charge in [-0.1, -0.05) is 13.3 Å². The lowest BCUT2D eigenvalue weighted by molar-refractivity contribution is -0.148. The van der Waals surface area contributed by atoms with Crippen LogP contribution in [0.3, 0.4) is 0 Å². The van der Waals surface area contributed by atoms with Crippen LogP contribution in [0.4, 0.5) is 0 Å². The van der Waals surface area contributed by atoms with Crippen LogP contribution in [0.25, 0.3) is 0 Å². The van der Waals surface area contributed by atoms with E-state index in [-0.39, 0.29) is 5.97 Å². The third-order valence-electron chi connectivity index (χ3n) is 3.24. The molecule has 1 atom stereocenters. The van der Waals surface area contributed by atoms with E-state index in [1.165, 1.54) is 7.11 Å². The molecule has 1 heterocycles. The fourth-order valence-electron chi connectivity index (χ4n) is 2.02. The number of carbonyl (C=O) groups excluding carboxylic acids is 1. The van der Waals surface area contributed by atoms with Gasteiger partial charge in [-0.2, -0.15) is 11.8 Å². The summed E-state index contributed by atoms with van der Waals surface area (Å²) in [7, 11) is 1.45.